The molecule has 1 saturated heterocycles. The van der Waals surface area contributed by atoms with Crippen molar-refractivity contribution in [3.05, 3.63) is 71.8 Å². The summed E-state index contributed by atoms with van der Waals surface area (Å²) in [7, 11) is 0. The first kappa shape index (κ1) is 31.7. The lowest BCUT2D eigenvalue weighted by atomic mass is 9.87. The number of likely N-dealkylation sites (tertiary alicyclic amines) is 1. The first-order valence-corrected chi connectivity index (χ1v) is 15.5. The molecule has 2 fully saturated rings. The van der Waals surface area contributed by atoms with Crippen LogP contribution in [0.2, 0.25) is 0 Å². The van der Waals surface area contributed by atoms with Crippen LogP contribution >= 0.6 is 0 Å². The molecule has 3 amide bonds. The van der Waals surface area contributed by atoms with E-state index in [9.17, 15) is 19.5 Å². The first-order valence-electron chi connectivity index (χ1n) is 15.5. The monoisotopic (exact) mass is 576 g/mol. The van der Waals surface area contributed by atoms with E-state index < -0.39 is 23.7 Å². The maximum absolute atomic E-state index is 14.1. The largest absolute Gasteiger partial charge is 0.390 e. The SMILES string of the molecule is CC(=O)N[C@@]1(CC(C)C)CCN([C@@H](CCc2ccccc2)C(=O)N[C@@H](Cc2ccccc2)[C@H](O)CNCC2CC2)C1=O. The van der Waals surface area contributed by atoms with E-state index in [2.05, 4.69) is 16.0 Å². The Morgan fingerprint density at radius 3 is 2.26 bits per heavy atom. The molecule has 1 heterocycles. The molecular formula is C34H48N4O4. The van der Waals surface area contributed by atoms with Crippen LogP contribution in [-0.4, -0.2) is 71.1 Å². The fourth-order valence-electron chi connectivity index (χ4n) is 6.19. The van der Waals surface area contributed by atoms with Gasteiger partial charge < -0.3 is 26.0 Å². The Balaban J connectivity index is 1.55. The molecule has 0 spiro atoms. The molecule has 2 aliphatic rings. The number of amides is 3. The Bertz CT molecular complexity index is 1170. The molecule has 8 heteroatoms. The Morgan fingerprint density at radius 1 is 1.02 bits per heavy atom. The average molecular weight is 577 g/mol. The maximum atomic E-state index is 14.1. The van der Waals surface area contributed by atoms with Crippen LogP contribution in [0, 0.1) is 11.8 Å². The molecule has 4 rings (SSSR count). The molecule has 0 aromatic heterocycles. The predicted molar refractivity (Wildman–Crippen MR) is 165 cm³/mol. The zero-order valence-corrected chi connectivity index (χ0v) is 25.4. The molecule has 228 valence electrons. The van der Waals surface area contributed by atoms with E-state index in [1.807, 2.05) is 74.5 Å². The quantitative estimate of drug-likeness (QED) is 0.245. The minimum atomic E-state index is -1.01. The molecular weight excluding hydrogens is 528 g/mol. The summed E-state index contributed by atoms with van der Waals surface area (Å²) >= 11 is 0. The van der Waals surface area contributed by atoms with Gasteiger partial charge in [0.25, 0.3) is 0 Å². The van der Waals surface area contributed by atoms with Gasteiger partial charge in [-0.2, -0.15) is 0 Å². The number of nitrogens with one attached hydrogen (secondary N) is 3. The van der Waals surface area contributed by atoms with Crippen LogP contribution in [0.1, 0.15) is 64.0 Å². The number of nitrogens with zero attached hydrogens (tertiary/aromatic N) is 1. The van der Waals surface area contributed by atoms with Crippen molar-refractivity contribution in [1.82, 2.24) is 20.9 Å². The van der Waals surface area contributed by atoms with Crippen molar-refractivity contribution in [2.45, 2.75) is 89.4 Å². The highest BCUT2D eigenvalue weighted by Crippen LogP contribution is 2.32. The number of carbonyl (C=O) groups is 3. The number of carbonyl (C=O) groups excluding carboxylic acids is 3. The van der Waals surface area contributed by atoms with Crippen LogP contribution in [0.5, 0.6) is 0 Å². The van der Waals surface area contributed by atoms with Crippen molar-refractivity contribution in [1.29, 1.82) is 0 Å². The van der Waals surface area contributed by atoms with Gasteiger partial charge in [-0.1, -0.05) is 74.5 Å². The van der Waals surface area contributed by atoms with Crippen LogP contribution < -0.4 is 16.0 Å². The Morgan fingerprint density at radius 2 is 1.67 bits per heavy atom. The molecule has 0 radical (unpaired) electrons. The van der Waals surface area contributed by atoms with E-state index in [-0.39, 0.29) is 23.6 Å². The molecule has 42 heavy (non-hydrogen) atoms. The summed E-state index contributed by atoms with van der Waals surface area (Å²) in [6, 6.07) is 18.5. The average Bonchev–Trinajstić information content (AvgIpc) is 3.73. The predicted octanol–water partition coefficient (Wildman–Crippen LogP) is 3.23. The number of hydrogen-bond donors (Lipinski definition) is 4. The molecule has 4 N–H and O–H groups in total. The van der Waals surface area contributed by atoms with Gasteiger partial charge in [0.15, 0.2) is 0 Å². The second-order valence-electron chi connectivity index (χ2n) is 12.6. The lowest BCUT2D eigenvalue weighted by Crippen LogP contribution is -2.59. The van der Waals surface area contributed by atoms with Gasteiger partial charge >= 0.3 is 0 Å². The summed E-state index contributed by atoms with van der Waals surface area (Å²) in [4.78, 5) is 42.0. The molecule has 1 aliphatic carbocycles. The van der Waals surface area contributed by atoms with Crippen molar-refractivity contribution in [2.24, 2.45) is 11.8 Å². The van der Waals surface area contributed by atoms with Gasteiger partial charge in [-0.05, 0) is 74.5 Å². The molecule has 2 aromatic rings. The summed E-state index contributed by atoms with van der Waals surface area (Å²) in [5, 5.41) is 20.7. The normalized spacial score (nSPS) is 20.8. The molecule has 0 bridgehead atoms. The highest BCUT2D eigenvalue weighted by atomic mass is 16.3. The molecule has 2 aromatic carbocycles. The Hall–Kier alpha value is -3.23. The highest BCUT2D eigenvalue weighted by Gasteiger charge is 2.50. The molecule has 1 aliphatic heterocycles. The second-order valence-corrected chi connectivity index (χ2v) is 12.6. The van der Waals surface area contributed by atoms with Gasteiger partial charge in [0, 0.05) is 20.0 Å². The number of rotatable bonds is 16. The summed E-state index contributed by atoms with van der Waals surface area (Å²) in [5.41, 5.74) is 1.09. The van der Waals surface area contributed by atoms with Crippen molar-refractivity contribution in [2.75, 3.05) is 19.6 Å². The molecule has 1 saturated carbocycles. The molecule has 8 nitrogen and oxygen atoms in total. The van der Waals surface area contributed by atoms with E-state index in [1.54, 1.807) is 4.90 Å². The van der Waals surface area contributed by atoms with Crippen LogP contribution in [-0.2, 0) is 27.2 Å². The zero-order valence-electron chi connectivity index (χ0n) is 25.4. The first-order chi connectivity index (χ1) is 20.2. The van der Waals surface area contributed by atoms with Gasteiger partial charge in [0.2, 0.25) is 17.7 Å². The van der Waals surface area contributed by atoms with Crippen molar-refractivity contribution in [3.8, 4) is 0 Å². The van der Waals surface area contributed by atoms with E-state index in [1.165, 1.54) is 19.8 Å². The Labute approximate surface area is 250 Å². The second kappa shape index (κ2) is 14.8. The third kappa shape index (κ3) is 8.88. The standard InChI is InChI=1S/C34H48N4O4/c1-24(2)21-34(37-25(3)39)18-19-38(33(34)42)30(17-16-26-10-6-4-7-11-26)32(41)36-29(20-27-12-8-5-9-13-27)31(40)23-35-22-28-14-15-28/h4-13,24,28-31,35,40H,14-23H2,1-3H3,(H,36,41)(H,37,39)/t29-,30-,31+,34+/m0/s1. The van der Waals surface area contributed by atoms with Gasteiger partial charge in [-0.25, -0.2) is 0 Å². The number of aliphatic hydroxyl groups is 1. The highest BCUT2D eigenvalue weighted by molar-refractivity contribution is 5.96. The number of aliphatic hydroxyl groups excluding tert-OH is 1. The van der Waals surface area contributed by atoms with Crippen molar-refractivity contribution < 1.29 is 19.5 Å². The van der Waals surface area contributed by atoms with E-state index in [0.717, 1.165) is 17.7 Å². The van der Waals surface area contributed by atoms with Gasteiger partial charge in [-0.3, -0.25) is 14.4 Å². The summed E-state index contributed by atoms with van der Waals surface area (Å²) in [6.07, 6.45) is 4.14. The fraction of sp³-hybridized carbons (Fsp3) is 0.559. The van der Waals surface area contributed by atoms with E-state index in [4.69, 9.17) is 0 Å². The minimum Gasteiger partial charge on any atom is -0.390 e. The Kier molecular flexibility index (Phi) is 11.2. The third-order valence-corrected chi connectivity index (χ3v) is 8.42. The topological polar surface area (TPSA) is 111 Å². The smallest absolute Gasteiger partial charge is 0.249 e. The van der Waals surface area contributed by atoms with Gasteiger partial charge in [-0.15, -0.1) is 0 Å². The van der Waals surface area contributed by atoms with Crippen LogP contribution in [0.4, 0.5) is 0 Å². The van der Waals surface area contributed by atoms with E-state index in [0.29, 0.717) is 51.1 Å². The molecule has 4 atom stereocenters. The zero-order chi connectivity index (χ0) is 30.1. The van der Waals surface area contributed by atoms with Crippen LogP contribution in [0.15, 0.2) is 60.7 Å². The maximum Gasteiger partial charge on any atom is 0.249 e. The van der Waals surface area contributed by atoms with E-state index >= 15 is 0 Å². The summed E-state index contributed by atoms with van der Waals surface area (Å²) < 4.78 is 0. The van der Waals surface area contributed by atoms with Crippen molar-refractivity contribution in [3.63, 3.8) is 0 Å². The summed E-state index contributed by atoms with van der Waals surface area (Å²) in [5.74, 6) is 0.139. The summed E-state index contributed by atoms with van der Waals surface area (Å²) in [6.45, 7) is 7.13. The number of aryl methyl sites for hydroxylation is 1. The van der Waals surface area contributed by atoms with Crippen LogP contribution in [0.25, 0.3) is 0 Å². The van der Waals surface area contributed by atoms with Crippen LogP contribution in [0.3, 0.4) is 0 Å². The lowest BCUT2D eigenvalue weighted by Gasteiger charge is -2.34. The lowest BCUT2D eigenvalue weighted by molar-refractivity contribution is -0.143. The van der Waals surface area contributed by atoms with Crippen molar-refractivity contribution >= 4 is 17.7 Å². The van der Waals surface area contributed by atoms with Gasteiger partial charge in [0.1, 0.15) is 11.6 Å². The number of benzene rings is 2. The fourth-order valence-corrected chi connectivity index (χ4v) is 6.19. The van der Waals surface area contributed by atoms with Gasteiger partial charge in [0.05, 0.1) is 12.1 Å². The third-order valence-electron chi connectivity index (χ3n) is 8.42. The molecule has 0 unspecified atom stereocenters. The number of hydrogen-bond acceptors (Lipinski definition) is 5. The minimum absolute atomic E-state index is 0.186.